The van der Waals surface area contributed by atoms with E-state index in [1.807, 2.05) is 36.0 Å². The van der Waals surface area contributed by atoms with Gasteiger partial charge in [-0.3, -0.25) is 4.68 Å². The van der Waals surface area contributed by atoms with Gasteiger partial charge >= 0.3 is 0 Å². The molecule has 0 spiro atoms. The van der Waals surface area contributed by atoms with Crippen LogP contribution in [0.4, 0.5) is 0 Å². The molecule has 0 amide bonds. The Balaban J connectivity index is 1.94. The summed E-state index contributed by atoms with van der Waals surface area (Å²) in [4.78, 5) is 0. The number of hydrogen-bond donors (Lipinski definition) is 0. The summed E-state index contributed by atoms with van der Waals surface area (Å²) in [6, 6.07) is 9.95. The van der Waals surface area contributed by atoms with E-state index in [0.717, 1.165) is 41.5 Å². The van der Waals surface area contributed by atoms with Crippen molar-refractivity contribution in [2.75, 3.05) is 13.7 Å². The van der Waals surface area contributed by atoms with Crippen molar-refractivity contribution in [1.82, 2.24) is 9.78 Å². The molecule has 98 valence electrons. The van der Waals surface area contributed by atoms with E-state index in [9.17, 15) is 0 Å². The van der Waals surface area contributed by atoms with Gasteiger partial charge in [0.15, 0.2) is 0 Å². The maximum atomic E-state index is 5.59. The van der Waals surface area contributed by atoms with Gasteiger partial charge in [0.05, 0.1) is 19.4 Å². The summed E-state index contributed by atoms with van der Waals surface area (Å²) in [5, 5.41) is 4.54. The number of nitrogens with zero attached hydrogens (tertiary/aromatic N) is 2. The average Bonchev–Trinajstić information content (AvgIpc) is 3.08. The summed E-state index contributed by atoms with van der Waals surface area (Å²) in [7, 11) is 3.60. The summed E-state index contributed by atoms with van der Waals surface area (Å²) in [5.41, 5.74) is 3.03. The summed E-state index contributed by atoms with van der Waals surface area (Å²) in [6.45, 7) is 0.762. The van der Waals surface area contributed by atoms with Crippen molar-refractivity contribution in [2.45, 2.75) is 6.42 Å². The zero-order valence-corrected chi connectivity index (χ0v) is 11.1. The van der Waals surface area contributed by atoms with Crippen LogP contribution < -0.4 is 4.74 Å². The lowest BCUT2D eigenvalue weighted by atomic mass is 10.1. The molecule has 2 aromatic rings. The highest BCUT2D eigenvalue weighted by Gasteiger charge is 2.15. The third kappa shape index (κ3) is 2.21. The lowest BCUT2D eigenvalue weighted by Crippen LogP contribution is -1.97. The van der Waals surface area contributed by atoms with Gasteiger partial charge in [-0.2, -0.15) is 5.10 Å². The third-order valence-corrected chi connectivity index (χ3v) is 3.22. The minimum atomic E-state index is 0.762. The Labute approximate surface area is 112 Å². The molecule has 0 atom stereocenters. The van der Waals surface area contributed by atoms with Gasteiger partial charge in [-0.1, -0.05) is 0 Å². The van der Waals surface area contributed by atoms with Crippen LogP contribution in [0.1, 0.15) is 12.1 Å². The van der Waals surface area contributed by atoms with Gasteiger partial charge in [-0.15, -0.1) is 0 Å². The van der Waals surface area contributed by atoms with Crippen molar-refractivity contribution in [3.05, 3.63) is 42.1 Å². The molecule has 2 heterocycles. The first-order valence-electron chi connectivity index (χ1n) is 6.30. The van der Waals surface area contributed by atoms with E-state index in [0.29, 0.717) is 0 Å². The molecular weight excluding hydrogens is 240 g/mol. The fourth-order valence-electron chi connectivity index (χ4n) is 2.20. The highest BCUT2D eigenvalue weighted by molar-refractivity contribution is 5.67. The standard InChI is InChI=1S/C15H16N2O2/c1-17-14(15-4-3-9-19-15)10-13(16-17)11-5-7-12(18-2)8-6-11/h4-8,10H,3,9H2,1-2H3. The van der Waals surface area contributed by atoms with E-state index in [1.54, 1.807) is 7.11 Å². The quantitative estimate of drug-likeness (QED) is 0.847. The number of methoxy groups -OCH3 is 1. The zero-order chi connectivity index (χ0) is 13.2. The topological polar surface area (TPSA) is 36.3 Å². The van der Waals surface area contributed by atoms with Gasteiger partial charge < -0.3 is 9.47 Å². The second kappa shape index (κ2) is 4.80. The monoisotopic (exact) mass is 256 g/mol. The molecule has 0 unspecified atom stereocenters. The second-order valence-corrected chi connectivity index (χ2v) is 4.47. The van der Waals surface area contributed by atoms with Gasteiger partial charge in [0.1, 0.15) is 17.2 Å². The molecule has 0 saturated carbocycles. The molecule has 1 aliphatic heterocycles. The maximum absolute atomic E-state index is 5.59. The number of aryl methyl sites for hydroxylation is 1. The van der Waals surface area contributed by atoms with Crippen molar-refractivity contribution >= 4 is 5.76 Å². The fraction of sp³-hybridized carbons (Fsp3) is 0.267. The van der Waals surface area contributed by atoms with Crippen molar-refractivity contribution in [3.8, 4) is 17.0 Å². The minimum absolute atomic E-state index is 0.762. The molecule has 0 aliphatic carbocycles. The Morgan fingerprint density at radius 1 is 1.26 bits per heavy atom. The first kappa shape index (κ1) is 11.8. The summed E-state index contributed by atoms with van der Waals surface area (Å²) < 4.78 is 12.6. The number of aromatic nitrogens is 2. The molecule has 1 aromatic carbocycles. The molecule has 0 fully saturated rings. The lowest BCUT2D eigenvalue weighted by molar-refractivity contribution is 0.304. The Kier molecular flexibility index (Phi) is 2.99. The van der Waals surface area contributed by atoms with Crippen molar-refractivity contribution in [1.29, 1.82) is 0 Å². The molecule has 4 nitrogen and oxygen atoms in total. The van der Waals surface area contributed by atoms with Crippen LogP contribution in [0.25, 0.3) is 17.0 Å². The van der Waals surface area contributed by atoms with Gasteiger partial charge in [-0.25, -0.2) is 0 Å². The van der Waals surface area contributed by atoms with Crippen LogP contribution in [0, 0.1) is 0 Å². The van der Waals surface area contributed by atoms with E-state index in [4.69, 9.17) is 9.47 Å². The van der Waals surface area contributed by atoms with Gasteiger partial charge in [-0.05, 0) is 36.4 Å². The summed E-state index contributed by atoms with van der Waals surface area (Å²) >= 11 is 0. The van der Waals surface area contributed by atoms with E-state index < -0.39 is 0 Å². The van der Waals surface area contributed by atoms with Crippen LogP contribution in [0.3, 0.4) is 0 Å². The average molecular weight is 256 g/mol. The molecule has 0 bridgehead atoms. The maximum Gasteiger partial charge on any atom is 0.140 e. The Morgan fingerprint density at radius 3 is 2.68 bits per heavy atom. The lowest BCUT2D eigenvalue weighted by Gasteiger charge is -2.02. The van der Waals surface area contributed by atoms with Crippen molar-refractivity contribution in [3.63, 3.8) is 0 Å². The first-order chi connectivity index (χ1) is 9.28. The number of benzene rings is 1. The van der Waals surface area contributed by atoms with Gasteiger partial charge in [0, 0.05) is 19.0 Å². The van der Waals surface area contributed by atoms with Crippen LogP contribution in [0.2, 0.25) is 0 Å². The van der Waals surface area contributed by atoms with Crippen molar-refractivity contribution < 1.29 is 9.47 Å². The molecule has 4 heteroatoms. The SMILES string of the molecule is COc1ccc(-c2cc(C3=CCCO3)n(C)n2)cc1. The summed E-state index contributed by atoms with van der Waals surface area (Å²) in [6.07, 6.45) is 3.08. The first-order valence-corrected chi connectivity index (χ1v) is 6.30. The number of ether oxygens (including phenoxy) is 2. The van der Waals surface area contributed by atoms with Crippen molar-refractivity contribution in [2.24, 2.45) is 7.05 Å². The fourth-order valence-corrected chi connectivity index (χ4v) is 2.20. The molecule has 0 N–H and O–H groups in total. The minimum Gasteiger partial charge on any atom is -0.497 e. The van der Waals surface area contributed by atoms with Gasteiger partial charge in [0.25, 0.3) is 0 Å². The predicted molar refractivity (Wildman–Crippen MR) is 73.7 cm³/mol. The smallest absolute Gasteiger partial charge is 0.140 e. The van der Waals surface area contributed by atoms with Crippen LogP contribution in [-0.4, -0.2) is 23.5 Å². The molecule has 0 radical (unpaired) electrons. The van der Waals surface area contributed by atoms with Crippen LogP contribution in [0.15, 0.2) is 36.4 Å². The van der Waals surface area contributed by atoms with E-state index in [2.05, 4.69) is 17.2 Å². The Hall–Kier alpha value is -2.23. The highest BCUT2D eigenvalue weighted by Crippen LogP contribution is 2.27. The van der Waals surface area contributed by atoms with E-state index in [-0.39, 0.29) is 0 Å². The molecule has 1 aliphatic rings. The normalized spacial score (nSPS) is 14.1. The molecule has 3 rings (SSSR count). The zero-order valence-electron chi connectivity index (χ0n) is 11.1. The van der Waals surface area contributed by atoms with Gasteiger partial charge in [0.2, 0.25) is 0 Å². The number of hydrogen-bond acceptors (Lipinski definition) is 3. The van der Waals surface area contributed by atoms with Crippen LogP contribution in [-0.2, 0) is 11.8 Å². The van der Waals surface area contributed by atoms with E-state index in [1.165, 1.54) is 0 Å². The highest BCUT2D eigenvalue weighted by atomic mass is 16.5. The molecule has 1 aromatic heterocycles. The number of rotatable bonds is 3. The molecule has 19 heavy (non-hydrogen) atoms. The Bertz CT molecular complexity index is 612. The van der Waals surface area contributed by atoms with Crippen LogP contribution in [0.5, 0.6) is 5.75 Å². The Morgan fingerprint density at radius 2 is 2.05 bits per heavy atom. The summed E-state index contributed by atoms with van der Waals surface area (Å²) in [5.74, 6) is 1.77. The predicted octanol–water partition coefficient (Wildman–Crippen LogP) is 2.86. The van der Waals surface area contributed by atoms with E-state index >= 15 is 0 Å². The van der Waals surface area contributed by atoms with Crippen LogP contribution >= 0.6 is 0 Å². The molecule has 0 saturated heterocycles. The largest absolute Gasteiger partial charge is 0.497 e. The second-order valence-electron chi connectivity index (χ2n) is 4.47. The third-order valence-electron chi connectivity index (χ3n) is 3.22. The molecular formula is C15H16N2O2.